The fraction of sp³-hybridized carbons (Fsp3) is 0.412. The van der Waals surface area contributed by atoms with Gasteiger partial charge in [0.1, 0.15) is 4.47 Å². The minimum Gasteiger partial charge on any atom is -0.358 e. The molecule has 1 saturated heterocycles. The van der Waals surface area contributed by atoms with Crippen LogP contribution in [0.5, 0.6) is 0 Å². The maximum absolute atomic E-state index is 12.8. The van der Waals surface area contributed by atoms with Crippen LogP contribution in [-0.4, -0.2) is 38.1 Å². The Labute approximate surface area is 153 Å². The van der Waals surface area contributed by atoms with Crippen LogP contribution in [0.3, 0.4) is 0 Å². The molecule has 25 heavy (non-hydrogen) atoms. The molecule has 0 bridgehead atoms. The molecule has 0 N–H and O–H groups in total. The normalized spacial score (nSPS) is 17.5. The first kappa shape index (κ1) is 17.6. The molecule has 0 aliphatic carbocycles. The molecule has 2 heterocycles. The number of aromatic nitrogens is 2. The summed E-state index contributed by atoms with van der Waals surface area (Å²) in [6, 6.07) is 7.64. The lowest BCUT2D eigenvalue weighted by molar-refractivity contribution is -0.390. The van der Waals surface area contributed by atoms with Gasteiger partial charge in [-0.3, -0.25) is 4.79 Å². The minimum atomic E-state index is -0.529. The van der Waals surface area contributed by atoms with Crippen LogP contribution in [0.1, 0.15) is 42.1 Å². The molecule has 1 amide bonds. The van der Waals surface area contributed by atoms with Gasteiger partial charge in [-0.1, -0.05) is 12.1 Å². The SMILES string of the molecule is CC1CCCCN1C(=O)c1cccc(Cn2cc(Br)c([N+](=O)[O-])n2)c1. The van der Waals surface area contributed by atoms with E-state index in [0.717, 1.165) is 31.4 Å². The predicted octanol–water partition coefficient (Wildman–Crippen LogP) is 3.62. The van der Waals surface area contributed by atoms with Crippen LogP contribution in [0, 0.1) is 10.1 Å². The fourth-order valence-corrected chi connectivity index (χ4v) is 3.61. The van der Waals surface area contributed by atoms with Gasteiger partial charge in [0, 0.05) is 18.2 Å². The highest BCUT2D eigenvalue weighted by molar-refractivity contribution is 9.10. The number of nitro groups is 1. The lowest BCUT2D eigenvalue weighted by atomic mass is 10.0. The largest absolute Gasteiger partial charge is 0.404 e. The minimum absolute atomic E-state index is 0.0432. The Morgan fingerprint density at radius 1 is 1.44 bits per heavy atom. The molecule has 7 nitrogen and oxygen atoms in total. The number of carbonyl (C=O) groups is 1. The Balaban J connectivity index is 1.78. The highest BCUT2D eigenvalue weighted by Gasteiger charge is 2.24. The number of carbonyl (C=O) groups excluding carboxylic acids is 1. The molecule has 3 rings (SSSR count). The van der Waals surface area contributed by atoms with Crippen LogP contribution in [0.2, 0.25) is 0 Å². The third-order valence-electron chi connectivity index (χ3n) is 4.45. The van der Waals surface area contributed by atoms with E-state index in [9.17, 15) is 14.9 Å². The first-order valence-corrected chi connectivity index (χ1v) is 9.02. The van der Waals surface area contributed by atoms with Crippen LogP contribution in [0.4, 0.5) is 5.82 Å². The molecule has 1 aromatic carbocycles. The topological polar surface area (TPSA) is 81.3 Å². The zero-order chi connectivity index (χ0) is 18.0. The maximum Gasteiger partial charge on any atom is 0.404 e. The molecule has 2 aromatic rings. The average Bonchev–Trinajstić information content (AvgIpc) is 2.95. The van der Waals surface area contributed by atoms with Crippen LogP contribution < -0.4 is 0 Å². The molecule has 1 unspecified atom stereocenters. The van der Waals surface area contributed by atoms with Crippen molar-refractivity contribution >= 4 is 27.7 Å². The van der Waals surface area contributed by atoms with Gasteiger partial charge in [0.25, 0.3) is 5.91 Å². The zero-order valence-corrected chi connectivity index (χ0v) is 15.5. The second-order valence-electron chi connectivity index (χ2n) is 6.30. The average molecular weight is 407 g/mol. The van der Waals surface area contributed by atoms with Crippen molar-refractivity contribution in [2.45, 2.75) is 38.8 Å². The quantitative estimate of drug-likeness (QED) is 0.573. The number of likely N-dealkylation sites (tertiary alicyclic amines) is 1. The van der Waals surface area contributed by atoms with Crippen molar-refractivity contribution in [2.75, 3.05) is 6.54 Å². The van der Waals surface area contributed by atoms with Gasteiger partial charge in [-0.15, -0.1) is 0 Å². The lowest BCUT2D eigenvalue weighted by Gasteiger charge is -2.33. The number of hydrogen-bond donors (Lipinski definition) is 0. The van der Waals surface area contributed by atoms with Gasteiger partial charge < -0.3 is 15.0 Å². The molecule has 0 radical (unpaired) electrons. The van der Waals surface area contributed by atoms with Crippen molar-refractivity contribution in [3.8, 4) is 0 Å². The maximum atomic E-state index is 12.8. The van der Waals surface area contributed by atoms with Crippen molar-refractivity contribution in [2.24, 2.45) is 0 Å². The molecular formula is C17H19BrN4O3. The standard InChI is InChI=1S/C17H19BrN4O3/c1-12-5-2-3-8-21(12)17(23)14-7-4-6-13(9-14)10-20-11-15(18)16(19-20)22(24)25/h4,6-7,9,11-12H,2-3,5,8,10H2,1H3. The highest BCUT2D eigenvalue weighted by atomic mass is 79.9. The predicted molar refractivity (Wildman–Crippen MR) is 96.5 cm³/mol. The number of hydrogen-bond acceptors (Lipinski definition) is 4. The number of nitrogens with zero attached hydrogens (tertiary/aromatic N) is 4. The van der Waals surface area contributed by atoms with Crippen molar-refractivity contribution in [1.29, 1.82) is 0 Å². The second kappa shape index (κ2) is 7.35. The number of rotatable bonds is 4. The van der Waals surface area contributed by atoms with E-state index in [1.165, 1.54) is 4.68 Å². The van der Waals surface area contributed by atoms with Crippen molar-refractivity contribution < 1.29 is 9.72 Å². The Morgan fingerprint density at radius 2 is 2.24 bits per heavy atom. The Bertz CT molecular complexity index is 805. The van der Waals surface area contributed by atoms with Crippen molar-refractivity contribution in [1.82, 2.24) is 14.7 Å². The summed E-state index contributed by atoms with van der Waals surface area (Å²) in [6.07, 6.45) is 4.81. The summed E-state index contributed by atoms with van der Waals surface area (Å²) in [5.74, 6) is -0.170. The van der Waals surface area contributed by atoms with Gasteiger partial charge in [-0.2, -0.15) is 4.68 Å². The Kier molecular flexibility index (Phi) is 5.17. The third-order valence-corrected chi connectivity index (χ3v) is 5.01. The van der Waals surface area contributed by atoms with Gasteiger partial charge in [0.15, 0.2) is 0 Å². The first-order chi connectivity index (χ1) is 12.0. The number of amides is 1. The number of benzene rings is 1. The van der Waals surface area contributed by atoms with Crippen LogP contribution in [0.15, 0.2) is 34.9 Å². The molecule has 132 valence electrons. The molecule has 1 aliphatic rings. The smallest absolute Gasteiger partial charge is 0.358 e. The molecule has 1 fully saturated rings. The second-order valence-corrected chi connectivity index (χ2v) is 7.15. The van der Waals surface area contributed by atoms with E-state index < -0.39 is 4.92 Å². The number of halogens is 1. The van der Waals surface area contributed by atoms with E-state index in [2.05, 4.69) is 28.0 Å². The summed E-state index contributed by atoms with van der Waals surface area (Å²) >= 11 is 3.14. The molecule has 1 aromatic heterocycles. The van der Waals surface area contributed by atoms with Crippen molar-refractivity contribution in [3.63, 3.8) is 0 Å². The molecular weight excluding hydrogens is 388 g/mol. The Morgan fingerprint density at radius 3 is 2.92 bits per heavy atom. The molecule has 1 atom stereocenters. The van der Waals surface area contributed by atoms with Crippen molar-refractivity contribution in [3.05, 3.63) is 56.2 Å². The summed E-state index contributed by atoms with van der Waals surface area (Å²) in [5, 5.41) is 14.8. The summed E-state index contributed by atoms with van der Waals surface area (Å²) in [6.45, 7) is 3.24. The fourth-order valence-electron chi connectivity index (χ4n) is 3.15. The zero-order valence-electron chi connectivity index (χ0n) is 13.9. The van der Waals surface area contributed by atoms with Gasteiger partial charge in [0.05, 0.1) is 17.8 Å². The van der Waals surface area contributed by atoms with Gasteiger partial charge >= 0.3 is 5.82 Å². The van der Waals surface area contributed by atoms with Gasteiger partial charge in [-0.05, 0) is 64.7 Å². The lowest BCUT2D eigenvalue weighted by Crippen LogP contribution is -2.42. The van der Waals surface area contributed by atoms with Gasteiger partial charge in [0.2, 0.25) is 0 Å². The summed E-state index contributed by atoms with van der Waals surface area (Å²) in [5.41, 5.74) is 1.52. The third kappa shape index (κ3) is 3.89. The van der Waals surface area contributed by atoms with Crippen LogP contribution >= 0.6 is 15.9 Å². The molecule has 0 saturated carbocycles. The van der Waals surface area contributed by atoms with Crippen LogP contribution in [0.25, 0.3) is 0 Å². The van der Waals surface area contributed by atoms with E-state index in [4.69, 9.17) is 0 Å². The monoisotopic (exact) mass is 406 g/mol. The first-order valence-electron chi connectivity index (χ1n) is 8.23. The molecule has 8 heteroatoms. The molecule has 0 spiro atoms. The van der Waals surface area contributed by atoms with E-state index >= 15 is 0 Å². The van der Waals surface area contributed by atoms with Gasteiger partial charge in [-0.25, -0.2) is 0 Å². The van der Waals surface area contributed by atoms with E-state index in [1.54, 1.807) is 6.20 Å². The van der Waals surface area contributed by atoms with Crippen LogP contribution in [-0.2, 0) is 6.54 Å². The Hall–Kier alpha value is -2.22. The number of piperidine rings is 1. The van der Waals surface area contributed by atoms with E-state index in [-0.39, 0.29) is 17.8 Å². The summed E-state index contributed by atoms with van der Waals surface area (Å²) in [4.78, 5) is 25.1. The van der Waals surface area contributed by atoms with E-state index in [0.29, 0.717) is 16.6 Å². The van der Waals surface area contributed by atoms with E-state index in [1.807, 2.05) is 29.2 Å². The summed E-state index contributed by atoms with van der Waals surface area (Å²) in [7, 11) is 0. The summed E-state index contributed by atoms with van der Waals surface area (Å²) < 4.78 is 1.84. The molecule has 1 aliphatic heterocycles. The highest BCUT2D eigenvalue weighted by Crippen LogP contribution is 2.23.